The van der Waals surface area contributed by atoms with Crippen LogP contribution in [0.1, 0.15) is 25.0 Å². The van der Waals surface area contributed by atoms with Crippen molar-refractivity contribution in [1.29, 1.82) is 0 Å². The molecule has 1 amide bonds. The predicted molar refractivity (Wildman–Crippen MR) is 95.2 cm³/mol. The molecule has 25 heavy (non-hydrogen) atoms. The first-order valence-corrected chi connectivity index (χ1v) is 8.11. The number of amides is 1. The van der Waals surface area contributed by atoms with Gasteiger partial charge in [0.2, 0.25) is 6.79 Å². The molecule has 0 radical (unpaired) electrons. The van der Waals surface area contributed by atoms with Crippen molar-refractivity contribution in [3.63, 3.8) is 0 Å². The van der Waals surface area contributed by atoms with E-state index in [2.05, 4.69) is 17.4 Å². The second kappa shape index (κ2) is 7.70. The quantitative estimate of drug-likeness (QED) is 0.647. The fourth-order valence-electron chi connectivity index (χ4n) is 2.38. The van der Waals surface area contributed by atoms with E-state index in [1.807, 2.05) is 42.5 Å². The molecule has 6 nitrogen and oxygen atoms in total. The van der Waals surface area contributed by atoms with Crippen molar-refractivity contribution in [3.8, 4) is 11.5 Å². The Morgan fingerprint density at radius 3 is 2.68 bits per heavy atom. The van der Waals surface area contributed by atoms with Crippen LogP contribution in [0.3, 0.4) is 0 Å². The van der Waals surface area contributed by atoms with E-state index < -0.39 is 0 Å². The van der Waals surface area contributed by atoms with Crippen LogP contribution in [0.2, 0.25) is 0 Å². The van der Waals surface area contributed by atoms with Crippen LogP contribution < -0.4 is 14.8 Å². The van der Waals surface area contributed by atoms with Gasteiger partial charge in [0.25, 0.3) is 5.91 Å². The van der Waals surface area contributed by atoms with Crippen molar-refractivity contribution in [3.05, 3.63) is 53.6 Å². The lowest BCUT2D eigenvalue weighted by atomic mass is 10.1. The number of anilines is 1. The zero-order valence-electron chi connectivity index (χ0n) is 14.2. The molecule has 0 spiro atoms. The minimum atomic E-state index is -0.258. The van der Waals surface area contributed by atoms with Crippen molar-refractivity contribution in [2.75, 3.05) is 18.7 Å². The van der Waals surface area contributed by atoms with E-state index in [1.54, 1.807) is 6.92 Å². The van der Waals surface area contributed by atoms with E-state index in [-0.39, 0.29) is 19.3 Å². The predicted octanol–water partition coefficient (Wildman–Crippen LogP) is 3.36. The van der Waals surface area contributed by atoms with E-state index in [0.29, 0.717) is 17.2 Å². The molecule has 0 atom stereocenters. The second-order valence-corrected chi connectivity index (χ2v) is 5.62. The van der Waals surface area contributed by atoms with Gasteiger partial charge in [-0.05, 0) is 49.2 Å². The van der Waals surface area contributed by atoms with Gasteiger partial charge in [-0.15, -0.1) is 0 Å². The van der Waals surface area contributed by atoms with Gasteiger partial charge in [-0.2, -0.15) is 0 Å². The summed E-state index contributed by atoms with van der Waals surface area (Å²) in [5.74, 6) is 1.14. The number of aryl methyl sites for hydroxylation is 1. The number of carbonyl (C=O) groups excluding carboxylic acids is 1. The first-order valence-electron chi connectivity index (χ1n) is 8.11. The van der Waals surface area contributed by atoms with Gasteiger partial charge in [-0.1, -0.05) is 24.2 Å². The molecule has 1 aliphatic heterocycles. The number of hydrogen-bond donors (Lipinski definition) is 1. The lowest BCUT2D eigenvalue weighted by molar-refractivity contribution is -0.120. The first kappa shape index (κ1) is 16.8. The highest BCUT2D eigenvalue weighted by Crippen LogP contribution is 2.32. The molecule has 0 saturated heterocycles. The normalized spacial score (nSPS) is 12.8. The molecule has 2 aromatic rings. The molecule has 1 N–H and O–H groups in total. The number of hydrogen-bond acceptors (Lipinski definition) is 5. The van der Waals surface area contributed by atoms with Crippen LogP contribution in [0.15, 0.2) is 47.6 Å². The number of nitrogens with zero attached hydrogens (tertiary/aromatic N) is 1. The summed E-state index contributed by atoms with van der Waals surface area (Å²) in [6, 6.07) is 13.2. The average molecular weight is 340 g/mol. The molecular weight excluding hydrogens is 320 g/mol. The maximum Gasteiger partial charge on any atom is 0.265 e. The Hall–Kier alpha value is -3.02. The van der Waals surface area contributed by atoms with Crippen LogP contribution in [-0.4, -0.2) is 25.0 Å². The summed E-state index contributed by atoms with van der Waals surface area (Å²) in [6.07, 6.45) is 0.963. The highest BCUT2D eigenvalue weighted by atomic mass is 16.7. The second-order valence-electron chi connectivity index (χ2n) is 5.62. The largest absolute Gasteiger partial charge is 0.454 e. The highest BCUT2D eigenvalue weighted by Gasteiger charge is 2.14. The fraction of sp³-hybridized carbons (Fsp3) is 0.263. The zero-order chi connectivity index (χ0) is 17.6. The van der Waals surface area contributed by atoms with E-state index in [1.165, 1.54) is 5.56 Å². The van der Waals surface area contributed by atoms with Crippen molar-refractivity contribution in [1.82, 2.24) is 0 Å². The Bertz CT molecular complexity index is 785. The topological polar surface area (TPSA) is 69.2 Å². The van der Waals surface area contributed by atoms with E-state index in [0.717, 1.165) is 17.7 Å². The van der Waals surface area contributed by atoms with Crippen LogP contribution >= 0.6 is 0 Å². The van der Waals surface area contributed by atoms with Gasteiger partial charge in [0.05, 0.1) is 5.71 Å². The van der Waals surface area contributed by atoms with Gasteiger partial charge in [-0.3, -0.25) is 4.79 Å². The number of benzene rings is 2. The SMILES string of the molecule is CCc1ccc(NC(=O)CO/N=C(/C)c2ccc3c(c2)OCO3)cc1. The third kappa shape index (κ3) is 4.29. The summed E-state index contributed by atoms with van der Waals surface area (Å²) >= 11 is 0. The monoisotopic (exact) mass is 340 g/mol. The van der Waals surface area contributed by atoms with Crippen molar-refractivity contribution in [2.45, 2.75) is 20.3 Å². The Balaban J connectivity index is 1.52. The van der Waals surface area contributed by atoms with Crippen LogP contribution in [0.25, 0.3) is 0 Å². The molecule has 0 fully saturated rings. The minimum absolute atomic E-state index is 0.155. The van der Waals surface area contributed by atoms with Crippen LogP contribution in [0, 0.1) is 0 Å². The van der Waals surface area contributed by atoms with E-state index >= 15 is 0 Å². The minimum Gasteiger partial charge on any atom is -0.454 e. The number of fused-ring (bicyclic) bond motifs is 1. The summed E-state index contributed by atoms with van der Waals surface area (Å²) in [6.45, 7) is 3.96. The van der Waals surface area contributed by atoms with Gasteiger partial charge in [0, 0.05) is 11.3 Å². The van der Waals surface area contributed by atoms with Gasteiger partial charge >= 0.3 is 0 Å². The van der Waals surface area contributed by atoms with Crippen molar-refractivity contribution in [2.24, 2.45) is 5.16 Å². The molecule has 0 aromatic heterocycles. The van der Waals surface area contributed by atoms with E-state index in [4.69, 9.17) is 14.3 Å². The first-order chi connectivity index (χ1) is 12.2. The maximum absolute atomic E-state index is 11.9. The molecule has 0 bridgehead atoms. The maximum atomic E-state index is 11.9. The molecule has 0 saturated carbocycles. The van der Waals surface area contributed by atoms with Crippen LogP contribution in [0.5, 0.6) is 11.5 Å². The number of nitrogens with one attached hydrogen (secondary N) is 1. The summed E-state index contributed by atoms with van der Waals surface area (Å²) in [4.78, 5) is 17.0. The molecular formula is C19H20N2O4. The fourth-order valence-corrected chi connectivity index (χ4v) is 2.38. The van der Waals surface area contributed by atoms with Gasteiger partial charge < -0.3 is 19.6 Å². The smallest absolute Gasteiger partial charge is 0.265 e. The average Bonchev–Trinajstić information content (AvgIpc) is 3.10. The third-order valence-electron chi connectivity index (χ3n) is 3.83. The summed E-state index contributed by atoms with van der Waals surface area (Å²) in [5, 5.41) is 6.76. The van der Waals surface area contributed by atoms with Crippen LogP contribution in [-0.2, 0) is 16.1 Å². The zero-order valence-corrected chi connectivity index (χ0v) is 14.2. The molecule has 0 aliphatic carbocycles. The standard InChI is InChI=1S/C19H20N2O4/c1-3-14-4-7-16(8-5-14)20-19(22)11-25-21-13(2)15-6-9-17-18(10-15)24-12-23-17/h4-10H,3,11-12H2,1-2H3,(H,20,22)/b21-13-. The number of oxime groups is 1. The van der Waals surface area contributed by atoms with Crippen LogP contribution in [0.4, 0.5) is 5.69 Å². The number of rotatable bonds is 6. The Morgan fingerprint density at radius 2 is 1.92 bits per heavy atom. The Morgan fingerprint density at radius 1 is 1.16 bits per heavy atom. The Labute approximate surface area is 146 Å². The van der Waals surface area contributed by atoms with Gasteiger partial charge in [-0.25, -0.2) is 0 Å². The number of ether oxygens (including phenoxy) is 2. The molecule has 1 heterocycles. The lowest BCUT2D eigenvalue weighted by Gasteiger charge is -2.06. The van der Waals surface area contributed by atoms with E-state index in [9.17, 15) is 4.79 Å². The summed E-state index contributed by atoms with van der Waals surface area (Å²) < 4.78 is 10.6. The molecule has 0 unspecified atom stereocenters. The molecule has 130 valence electrons. The summed E-state index contributed by atoms with van der Waals surface area (Å²) in [7, 11) is 0. The summed E-state index contributed by atoms with van der Waals surface area (Å²) in [5.41, 5.74) is 3.46. The molecule has 1 aliphatic rings. The number of carbonyl (C=O) groups is 1. The highest BCUT2D eigenvalue weighted by molar-refractivity contribution is 5.99. The van der Waals surface area contributed by atoms with Crippen molar-refractivity contribution >= 4 is 17.3 Å². The Kier molecular flexibility index (Phi) is 5.18. The molecule has 3 rings (SSSR count). The van der Waals surface area contributed by atoms with Gasteiger partial charge in [0.1, 0.15) is 0 Å². The van der Waals surface area contributed by atoms with Gasteiger partial charge in [0.15, 0.2) is 18.1 Å². The third-order valence-corrected chi connectivity index (χ3v) is 3.83. The lowest BCUT2D eigenvalue weighted by Crippen LogP contribution is -2.17. The molecule has 2 aromatic carbocycles. The molecule has 6 heteroatoms. The van der Waals surface area contributed by atoms with Crippen molar-refractivity contribution < 1.29 is 19.1 Å².